The molecule has 0 bridgehead atoms. The smallest absolute Gasteiger partial charge is 0.302 e. The van der Waals surface area contributed by atoms with Crippen molar-refractivity contribution in [3.05, 3.63) is 59.7 Å². The quantitative estimate of drug-likeness (QED) is 0.281. The third-order valence-corrected chi connectivity index (χ3v) is 11.3. The maximum atomic E-state index is 12.1. The maximum Gasteiger partial charge on any atom is 0.302 e. The fourth-order valence-corrected chi connectivity index (χ4v) is 9.01. The molecular weight excluding hydrogens is 526 g/mol. The number of likely N-dealkylation sites (N-methyl/N-ethyl adjacent to an activating group) is 1. The van der Waals surface area contributed by atoms with Gasteiger partial charge in [0.1, 0.15) is 6.10 Å². The summed E-state index contributed by atoms with van der Waals surface area (Å²) in [7, 11) is 2.27. The molecule has 0 amide bonds. The number of carbonyl (C=O) groups is 1. The van der Waals surface area contributed by atoms with E-state index < -0.39 is 0 Å². The number of piperidine rings is 1. The summed E-state index contributed by atoms with van der Waals surface area (Å²) in [6, 6.07) is 18.4. The first-order chi connectivity index (χ1) is 19.9. The van der Waals surface area contributed by atoms with Crippen LogP contribution < -0.4 is 4.90 Å². The van der Waals surface area contributed by atoms with E-state index in [1.165, 1.54) is 80.1 Å². The largest absolute Gasteiger partial charge is 0.463 e. The molecule has 3 fully saturated rings. The number of nitrogens with zero attached hydrogens (tertiary/aromatic N) is 3. The Hall–Kier alpha value is -2.02. The van der Waals surface area contributed by atoms with Crippen LogP contribution in [0.2, 0.25) is 0 Å². The fraction of sp³-hybridized carbons (Fsp3) is 0.629. The Kier molecular flexibility index (Phi) is 9.00. The fourth-order valence-electron chi connectivity index (χ4n) is 7.96. The average Bonchev–Trinajstić information content (AvgIpc) is 3.75. The lowest BCUT2D eigenvalue weighted by atomic mass is 9.61. The van der Waals surface area contributed by atoms with Crippen molar-refractivity contribution in [1.29, 1.82) is 0 Å². The molecule has 3 heterocycles. The monoisotopic (exact) mass is 575 g/mol. The summed E-state index contributed by atoms with van der Waals surface area (Å²) in [5.74, 6) is 1.22. The van der Waals surface area contributed by atoms with Gasteiger partial charge in [-0.2, -0.15) is 0 Å². The van der Waals surface area contributed by atoms with Gasteiger partial charge in [0.15, 0.2) is 0 Å². The molecule has 0 N–H and O–H groups in total. The average molecular weight is 576 g/mol. The Morgan fingerprint density at radius 2 is 1.78 bits per heavy atom. The van der Waals surface area contributed by atoms with E-state index in [4.69, 9.17) is 4.74 Å². The summed E-state index contributed by atoms with van der Waals surface area (Å²) in [6.45, 7) is 11.7. The summed E-state index contributed by atoms with van der Waals surface area (Å²) in [6.07, 6.45) is 8.10. The van der Waals surface area contributed by atoms with Gasteiger partial charge >= 0.3 is 5.97 Å². The molecule has 0 radical (unpaired) electrons. The van der Waals surface area contributed by atoms with Crippen molar-refractivity contribution >= 4 is 23.4 Å². The van der Waals surface area contributed by atoms with Crippen molar-refractivity contribution in [2.75, 3.05) is 51.2 Å². The zero-order valence-electron chi connectivity index (χ0n) is 25.4. The lowest BCUT2D eigenvalue weighted by Gasteiger charge is -2.52. The van der Waals surface area contributed by atoms with Gasteiger partial charge in [-0.1, -0.05) is 37.6 Å². The van der Waals surface area contributed by atoms with Gasteiger partial charge in [0.2, 0.25) is 0 Å². The van der Waals surface area contributed by atoms with Crippen molar-refractivity contribution in [1.82, 2.24) is 9.80 Å². The molecule has 41 heavy (non-hydrogen) atoms. The predicted molar refractivity (Wildman–Crippen MR) is 170 cm³/mol. The molecule has 2 aromatic carbocycles. The zero-order chi connectivity index (χ0) is 28.4. The molecule has 0 aromatic heterocycles. The zero-order valence-corrected chi connectivity index (χ0v) is 26.2. The first-order valence-electron chi connectivity index (χ1n) is 16.1. The molecule has 2 saturated heterocycles. The van der Waals surface area contributed by atoms with E-state index in [9.17, 15) is 4.79 Å². The first kappa shape index (κ1) is 29.1. The van der Waals surface area contributed by atoms with Crippen LogP contribution in [-0.4, -0.2) is 73.4 Å². The standard InChI is InChI=1S/C35H49N3O2S/c1-4-7-31(40-26(2)39)20-35(25-36(3)24-28-8-5-6-9-34(28)35)29-16-18-37(19-17-29)21-27-22-38(23-27)30-10-12-32(13-11-30)41-33-14-15-33/h5-6,8-13,27,29,31,33H,4,7,14-25H2,1-3H3. The van der Waals surface area contributed by atoms with Gasteiger partial charge in [-0.3, -0.25) is 4.79 Å². The minimum atomic E-state index is -0.145. The van der Waals surface area contributed by atoms with Crippen molar-refractivity contribution in [3.8, 4) is 0 Å². The molecule has 3 aliphatic heterocycles. The van der Waals surface area contributed by atoms with E-state index in [2.05, 4.69) is 77.2 Å². The van der Waals surface area contributed by atoms with Crippen LogP contribution in [0.4, 0.5) is 5.69 Å². The first-order valence-corrected chi connectivity index (χ1v) is 17.0. The van der Waals surface area contributed by atoms with Gasteiger partial charge in [0, 0.05) is 66.8 Å². The number of rotatable bonds is 11. The molecule has 5 nitrogen and oxygen atoms in total. The molecule has 6 rings (SSSR count). The number of ether oxygens (including phenoxy) is 1. The molecule has 1 aliphatic carbocycles. The van der Waals surface area contributed by atoms with E-state index in [0.717, 1.165) is 43.5 Å². The second kappa shape index (κ2) is 12.7. The maximum absolute atomic E-state index is 12.1. The van der Waals surface area contributed by atoms with E-state index in [1.54, 1.807) is 6.92 Å². The highest BCUT2D eigenvalue weighted by molar-refractivity contribution is 8.00. The number of fused-ring (bicyclic) bond motifs is 1. The summed E-state index contributed by atoms with van der Waals surface area (Å²) >= 11 is 2.04. The molecule has 1 saturated carbocycles. The van der Waals surface area contributed by atoms with Crippen LogP contribution in [0.3, 0.4) is 0 Å². The van der Waals surface area contributed by atoms with Gasteiger partial charge in [-0.25, -0.2) is 0 Å². The van der Waals surface area contributed by atoms with Gasteiger partial charge in [-0.15, -0.1) is 11.8 Å². The van der Waals surface area contributed by atoms with Crippen molar-refractivity contribution in [3.63, 3.8) is 0 Å². The normalized spacial score (nSPS) is 25.0. The minimum Gasteiger partial charge on any atom is -0.463 e. The Balaban J connectivity index is 1.08. The van der Waals surface area contributed by atoms with Crippen molar-refractivity contribution < 1.29 is 9.53 Å². The second-order valence-corrected chi connectivity index (χ2v) is 14.7. The van der Waals surface area contributed by atoms with Crippen LogP contribution in [-0.2, 0) is 21.5 Å². The van der Waals surface area contributed by atoms with Gasteiger partial charge in [0.05, 0.1) is 0 Å². The summed E-state index contributed by atoms with van der Waals surface area (Å²) in [5, 5.41) is 0.869. The lowest BCUT2D eigenvalue weighted by molar-refractivity contribution is -0.148. The highest BCUT2D eigenvalue weighted by Gasteiger charge is 2.47. The minimum absolute atomic E-state index is 0.0163. The summed E-state index contributed by atoms with van der Waals surface area (Å²) < 4.78 is 5.95. The topological polar surface area (TPSA) is 36.0 Å². The molecular formula is C35H49N3O2S. The van der Waals surface area contributed by atoms with Crippen molar-refractivity contribution in [2.45, 2.75) is 87.0 Å². The van der Waals surface area contributed by atoms with Crippen LogP contribution in [0.15, 0.2) is 53.4 Å². The highest BCUT2D eigenvalue weighted by atomic mass is 32.2. The number of esters is 1. The molecule has 2 unspecified atom stereocenters. The SMILES string of the molecule is CCCC(CC1(C2CCN(CC3CN(c4ccc(SC5CC5)cc4)C3)CC2)CN(C)Cc2ccccc21)OC(C)=O. The van der Waals surface area contributed by atoms with E-state index in [-0.39, 0.29) is 17.5 Å². The summed E-state index contributed by atoms with van der Waals surface area (Å²) in [4.78, 5) is 21.3. The Morgan fingerprint density at radius 1 is 1.05 bits per heavy atom. The van der Waals surface area contributed by atoms with Crippen LogP contribution >= 0.6 is 11.8 Å². The number of benzene rings is 2. The molecule has 2 aromatic rings. The van der Waals surface area contributed by atoms with Gasteiger partial charge in [0.25, 0.3) is 0 Å². The van der Waals surface area contributed by atoms with E-state index in [0.29, 0.717) is 5.92 Å². The molecule has 0 spiro atoms. The van der Waals surface area contributed by atoms with Gasteiger partial charge < -0.3 is 19.4 Å². The number of hydrogen-bond donors (Lipinski definition) is 0. The number of thioether (sulfide) groups is 1. The van der Waals surface area contributed by atoms with Crippen LogP contribution in [0.1, 0.15) is 69.9 Å². The third-order valence-electron chi connectivity index (χ3n) is 9.95. The second-order valence-electron chi connectivity index (χ2n) is 13.4. The Morgan fingerprint density at radius 3 is 2.46 bits per heavy atom. The van der Waals surface area contributed by atoms with Crippen molar-refractivity contribution in [2.24, 2.45) is 11.8 Å². The Bertz CT molecular complexity index is 1170. The van der Waals surface area contributed by atoms with Crippen LogP contribution in [0.25, 0.3) is 0 Å². The number of anilines is 1. The Labute approximate surface area is 252 Å². The molecule has 6 heteroatoms. The number of hydrogen-bond acceptors (Lipinski definition) is 6. The van der Waals surface area contributed by atoms with Gasteiger partial charge in [-0.05, 0) is 100.0 Å². The predicted octanol–water partition coefficient (Wildman–Crippen LogP) is 6.59. The molecule has 2 atom stereocenters. The van der Waals surface area contributed by atoms with E-state index >= 15 is 0 Å². The highest BCUT2D eigenvalue weighted by Crippen LogP contribution is 2.47. The third kappa shape index (κ3) is 6.81. The molecule has 4 aliphatic rings. The lowest BCUT2D eigenvalue weighted by Crippen LogP contribution is -2.55. The van der Waals surface area contributed by atoms with E-state index in [1.807, 2.05) is 11.8 Å². The number of carbonyl (C=O) groups excluding carboxylic acids is 1. The van der Waals surface area contributed by atoms with Crippen LogP contribution in [0.5, 0.6) is 0 Å². The molecule has 222 valence electrons. The summed E-state index contributed by atoms with van der Waals surface area (Å²) in [5.41, 5.74) is 4.38. The van der Waals surface area contributed by atoms with Crippen LogP contribution in [0, 0.1) is 11.8 Å². The number of likely N-dealkylation sites (tertiary alicyclic amines) is 1.